The lowest BCUT2D eigenvalue weighted by atomic mass is 10.1. The van der Waals surface area contributed by atoms with Gasteiger partial charge in [0.1, 0.15) is 0 Å². The summed E-state index contributed by atoms with van der Waals surface area (Å²) in [5.41, 5.74) is 18.0. The van der Waals surface area contributed by atoms with E-state index in [0.717, 1.165) is 22.5 Å². The molecule has 0 unspecified atom stereocenters. The first-order valence-corrected chi connectivity index (χ1v) is 7.30. The van der Waals surface area contributed by atoms with Crippen molar-refractivity contribution in [1.29, 1.82) is 0 Å². The molecule has 2 rings (SSSR count). The second-order valence-corrected chi connectivity index (χ2v) is 5.36. The number of hydrogen-bond donors (Lipinski definition) is 2. The average molecular weight is 290 g/mol. The predicted molar refractivity (Wildman–Crippen MR) is 95.8 cm³/mol. The van der Waals surface area contributed by atoms with E-state index in [9.17, 15) is 0 Å². The molecule has 2 aromatic carbocycles. The van der Waals surface area contributed by atoms with Crippen LogP contribution in [0.3, 0.4) is 0 Å². The quantitative estimate of drug-likeness (QED) is 0.831. The molecule has 2 nitrogen and oxygen atoms in total. The van der Waals surface area contributed by atoms with Crippen molar-refractivity contribution >= 4 is 11.4 Å². The predicted octanol–water partition coefficient (Wildman–Crippen LogP) is 4.16. The third-order valence-corrected chi connectivity index (χ3v) is 3.43. The Kier molecular flexibility index (Phi) is 5.21. The molecule has 0 aliphatic carbocycles. The maximum absolute atomic E-state index is 6.05. The molecule has 0 bridgehead atoms. The fraction of sp³-hybridized carbons (Fsp3) is 0.100. The van der Waals surface area contributed by atoms with Gasteiger partial charge in [-0.2, -0.15) is 0 Å². The highest BCUT2D eigenvalue weighted by Gasteiger charge is 1.95. The molecule has 22 heavy (non-hydrogen) atoms. The highest BCUT2D eigenvalue weighted by atomic mass is 14.6. The lowest BCUT2D eigenvalue weighted by Crippen LogP contribution is -1.96. The van der Waals surface area contributed by atoms with Gasteiger partial charge >= 0.3 is 0 Å². The molecule has 0 aromatic heterocycles. The maximum Gasteiger partial charge on any atom is 0.0387 e. The van der Waals surface area contributed by atoms with Gasteiger partial charge in [0.05, 0.1) is 0 Å². The normalized spacial score (nSPS) is 12.8. The van der Waals surface area contributed by atoms with E-state index in [1.165, 1.54) is 11.1 Å². The van der Waals surface area contributed by atoms with Gasteiger partial charge in [0.15, 0.2) is 0 Å². The van der Waals surface area contributed by atoms with Crippen LogP contribution in [0.25, 0.3) is 11.4 Å². The van der Waals surface area contributed by atoms with Crippen LogP contribution in [0.15, 0.2) is 72.8 Å². The first-order valence-electron chi connectivity index (χ1n) is 7.30. The minimum Gasteiger partial charge on any atom is -0.398 e. The van der Waals surface area contributed by atoms with Crippen LogP contribution in [0.4, 0.5) is 0 Å². The van der Waals surface area contributed by atoms with Crippen LogP contribution in [-0.4, -0.2) is 0 Å². The fourth-order valence-corrected chi connectivity index (χ4v) is 2.00. The molecular weight excluding hydrogens is 268 g/mol. The minimum absolute atomic E-state index is 0.735. The Morgan fingerprint density at radius 3 is 1.27 bits per heavy atom. The standard InChI is InChI=1S/C20H22N2/c1-15-7-11-17(12-8-15)19(21)5-3-4-6-20(22)18-13-9-16(2)10-14-18/h3-14H,21-22H2,1-2H3/b4-3+,19-5-,20-6-. The molecule has 0 saturated heterocycles. The monoisotopic (exact) mass is 290 g/mol. The Bertz CT molecular complexity index is 639. The van der Waals surface area contributed by atoms with Crippen molar-refractivity contribution in [2.24, 2.45) is 11.5 Å². The fourth-order valence-electron chi connectivity index (χ4n) is 2.00. The third-order valence-electron chi connectivity index (χ3n) is 3.43. The van der Waals surface area contributed by atoms with E-state index < -0.39 is 0 Å². The van der Waals surface area contributed by atoms with E-state index in [4.69, 9.17) is 11.5 Å². The number of allylic oxidation sites excluding steroid dienone is 4. The molecule has 2 aromatic rings. The number of aryl methyl sites for hydroxylation is 2. The van der Waals surface area contributed by atoms with Crippen molar-refractivity contribution in [1.82, 2.24) is 0 Å². The lowest BCUT2D eigenvalue weighted by molar-refractivity contribution is 1.43. The molecule has 0 aliphatic heterocycles. The number of benzene rings is 2. The van der Waals surface area contributed by atoms with Crippen molar-refractivity contribution in [3.05, 3.63) is 95.1 Å². The molecule has 0 spiro atoms. The van der Waals surface area contributed by atoms with Crippen molar-refractivity contribution in [2.45, 2.75) is 13.8 Å². The summed E-state index contributed by atoms with van der Waals surface area (Å²) in [6.45, 7) is 4.12. The molecule has 112 valence electrons. The van der Waals surface area contributed by atoms with Crippen LogP contribution >= 0.6 is 0 Å². The molecule has 4 N–H and O–H groups in total. The van der Waals surface area contributed by atoms with Crippen LogP contribution in [0.5, 0.6) is 0 Å². The zero-order valence-corrected chi connectivity index (χ0v) is 13.1. The minimum atomic E-state index is 0.735. The smallest absolute Gasteiger partial charge is 0.0387 e. The molecular formula is C20H22N2. The molecule has 0 radical (unpaired) electrons. The summed E-state index contributed by atoms with van der Waals surface area (Å²) in [6, 6.07) is 16.3. The Balaban J connectivity index is 2.05. The second kappa shape index (κ2) is 7.32. The lowest BCUT2D eigenvalue weighted by Gasteiger charge is -2.01. The molecule has 0 amide bonds. The molecule has 0 aliphatic rings. The Labute approximate surface area is 132 Å². The summed E-state index contributed by atoms with van der Waals surface area (Å²) in [7, 11) is 0. The molecule has 0 atom stereocenters. The van der Waals surface area contributed by atoms with Gasteiger partial charge in [-0.1, -0.05) is 71.8 Å². The van der Waals surface area contributed by atoms with Crippen LogP contribution in [0, 0.1) is 13.8 Å². The Hall–Kier alpha value is -2.74. The first kappa shape index (κ1) is 15.6. The summed E-state index contributed by atoms with van der Waals surface area (Å²) in [5, 5.41) is 0. The van der Waals surface area contributed by atoms with Gasteiger partial charge in [-0.15, -0.1) is 0 Å². The van der Waals surface area contributed by atoms with E-state index in [-0.39, 0.29) is 0 Å². The first-order chi connectivity index (χ1) is 10.6. The van der Waals surface area contributed by atoms with Crippen LogP contribution in [0.2, 0.25) is 0 Å². The van der Waals surface area contributed by atoms with Gasteiger partial charge < -0.3 is 11.5 Å². The van der Waals surface area contributed by atoms with Gasteiger partial charge in [-0.3, -0.25) is 0 Å². The summed E-state index contributed by atoms with van der Waals surface area (Å²) >= 11 is 0. The SMILES string of the molecule is Cc1ccc(/C(N)=C/C=C/C=C(\N)c2ccc(C)cc2)cc1. The van der Waals surface area contributed by atoms with Crippen molar-refractivity contribution in [3.8, 4) is 0 Å². The van der Waals surface area contributed by atoms with Gasteiger partial charge in [-0.25, -0.2) is 0 Å². The maximum atomic E-state index is 6.05. The van der Waals surface area contributed by atoms with Crippen LogP contribution < -0.4 is 11.5 Å². The van der Waals surface area contributed by atoms with E-state index in [2.05, 4.69) is 38.1 Å². The van der Waals surface area contributed by atoms with E-state index in [1.807, 2.05) is 48.6 Å². The summed E-state index contributed by atoms with van der Waals surface area (Å²) in [5.74, 6) is 0. The second-order valence-electron chi connectivity index (χ2n) is 5.36. The van der Waals surface area contributed by atoms with E-state index >= 15 is 0 Å². The molecule has 0 heterocycles. The molecule has 0 fully saturated rings. The zero-order chi connectivity index (χ0) is 15.9. The van der Waals surface area contributed by atoms with Crippen molar-refractivity contribution in [2.75, 3.05) is 0 Å². The summed E-state index contributed by atoms with van der Waals surface area (Å²) in [4.78, 5) is 0. The van der Waals surface area contributed by atoms with Crippen molar-refractivity contribution in [3.63, 3.8) is 0 Å². The van der Waals surface area contributed by atoms with Gasteiger partial charge in [-0.05, 0) is 37.1 Å². The molecule has 2 heteroatoms. The topological polar surface area (TPSA) is 52.0 Å². The largest absolute Gasteiger partial charge is 0.398 e. The average Bonchev–Trinajstić information content (AvgIpc) is 2.52. The van der Waals surface area contributed by atoms with Gasteiger partial charge in [0.25, 0.3) is 0 Å². The number of rotatable bonds is 4. The van der Waals surface area contributed by atoms with E-state index in [1.54, 1.807) is 0 Å². The summed E-state index contributed by atoms with van der Waals surface area (Å²) < 4.78 is 0. The Morgan fingerprint density at radius 2 is 0.955 bits per heavy atom. The van der Waals surface area contributed by atoms with Crippen LogP contribution in [-0.2, 0) is 0 Å². The Morgan fingerprint density at radius 1 is 0.636 bits per heavy atom. The third kappa shape index (κ3) is 4.38. The van der Waals surface area contributed by atoms with Crippen LogP contribution in [0.1, 0.15) is 22.3 Å². The molecule has 0 saturated carbocycles. The highest BCUT2D eigenvalue weighted by Crippen LogP contribution is 2.11. The summed E-state index contributed by atoms with van der Waals surface area (Å²) in [6.07, 6.45) is 7.56. The van der Waals surface area contributed by atoms with Gasteiger partial charge in [0, 0.05) is 11.4 Å². The van der Waals surface area contributed by atoms with E-state index in [0.29, 0.717) is 0 Å². The van der Waals surface area contributed by atoms with Crippen molar-refractivity contribution < 1.29 is 0 Å². The number of hydrogen-bond acceptors (Lipinski definition) is 2. The van der Waals surface area contributed by atoms with Gasteiger partial charge in [0.2, 0.25) is 0 Å². The highest BCUT2D eigenvalue weighted by molar-refractivity contribution is 5.66. The zero-order valence-electron chi connectivity index (χ0n) is 13.1. The number of nitrogens with two attached hydrogens (primary N) is 2.